The normalized spacial score (nSPS) is 10.3. The van der Waals surface area contributed by atoms with Gasteiger partial charge in [-0.15, -0.1) is 0 Å². The lowest BCUT2D eigenvalue weighted by Gasteiger charge is -2.09. The summed E-state index contributed by atoms with van der Waals surface area (Å²) in [5.74, 6) is 0.462. The number of ether oxygens (including phenoxy) is 1. The van der Waals surface area contributed by atoms with Crippen LogP contribution in [-0.2, 0) is 6.42 Å². The number of rotatable bonds is 3. The average Bonchev–Trinajstić information content (AvgIpc) is 2.37. The van der Waals surface area contributed by atoms with E-state index in [2.05, 4.69) is 9.97 Å². The molecule has 0 atom stereocenters. The van der Waals surface area contributed by atoms with Crippen LogP contribution < -0.4 is 16.0 Å². The van der Waals surface area contributed by atoms with Crippen LogP contribution in [0, 0.1) is 0 Å². The molecule has 0 radical (unpaired) electrons. The molecule has 1 aromatic heterocycles. The lowest BCUT2D eigenvalue weighted by molar-refractivity contribution is 0.463. The molecule has 0 saturated heterocycles. The zero-order chi connectivity index (χ0) is 13.1. The first kappa shape index (κ1) is 12.4. The number of hydrogen-bond acceptors (Lipinski definition) is 4. The summed E-state index contributed by atoms with van der Waals surface area (Å²) in [7, 11) is 0. The molecule has 0 bridgehead atoms. The lowest BCUT2D eigenvalue weighted by Crippen LogP contribution is -2.08. The molecule has 3 N–H and O–H groups in total. The van der Waals surface area contributed by atoms with Crippen LogP contribution in [-0.4, -0.2) is 9.97 Å². The second-order valence-electron chi connectivity index (χ2n) is 3.68. The van der Waals surface area contributed by atoms with Gasteiger partial charge in [-0.05, 0) is 24.1 Å². The number of H-pyrrole nitrogens is 1. The topological polar surface area (TPSA) is 81.0 Å². The van der Waals surface area contributed by atoms with Crippen LogP contribution in [0.2, 0.25) is 5.02 Å². The summed E-state index contributed by atoms with van der Waals surface area (Å²) in [6.07, 6.45) is 2.11. The van der Waals surface area contributed by atoms with Crippen LogP contribution in [0.4, 0.5) is 5.69 Å². The van der Waals surface area contributed by atoms with Gasteiger partial charge in [0.2, 0.25) is 5.88 Å². The smallest absolute Gasteiger partial charge is 0.273 e. The summed E-state index contributed by atoms with van der Waals surface area (Å²) >= 11 is 5.78. The first-order valence-corrected chi connectivity index (χ1v) is 5.79. The van der Waals surface area contributed by atoms with Crippen molar-refractivity contribution in [1.29, 1.82) is 0 Å². The van der Waals surface area contributed by atoms with Gasteiger partial charge >= 0.3 is 0 Å². The second kappa shape index (κ2) is 5.10. The van der Waals surface area contributed by atoms with Crippen molar-refractivity contribution in [2.75, 3.05) is 5.73 Å². The third-order valence-corrected chi connectivity index (χ3v) is 2.79. The number of anilines is 1. The number of nitrogens with zero attached hydrogens (tertiary/aromatic N) is 1. The number of nitrogen functional groups attached to an aromatic ring is 1. The van der Waals surface area contributed by atoms with Gasteiger partial charge in [0.1, 0.15) is 0 Å². The molecule has 0 aliphatic rings. The molecule has 2 rings (SSSR count). The first-order chi connectivity index (χ1) is 8.61. The highest BCUT2D eigenvalue weighted by Gasteiger charge is 2.10. The maximum absolute atomic E-state index is 11.3. The van der Waals surface area contributed by atoms with Gasteiger partial charge in [0.05, 0.1) is 12.0 Å². The fourth-order valence-electron chi connectivity index (χ4n) is 1.45. The molecule has 2 aromatic rings. The van der Waals surface area contributed by atoms with Crippen LogP contribution >= 0.6 is 11.6 Å². The highest BCUT2D eigenvalue weighted by molar-refractivity contribution is 6.31. The molecular formula is C12H12ClN3O2. The van der Waals surface area contributed by atoms with Gasteiger partial charge in [-0.3, -0.25) is 4.79 Å². The van der Waals surface area contributed by atoms with Gasteiger partial charge in [0.15, 0.2) is 10.8 Å². The highest BCUT2D eigenvalue weighted by Crippen LogP contribution is 2.29. The van der Waals surface area contributed by atoms with E-state index in [1.807, 2.05) is 19.1 Å². The van der Waals surface area contributed by atoms with Crippen LogP contribution in [0.25, 0.3) is 0 Å². The van der Waals surface area contributed by atoms with Gasteiger partial charge in [-0.1, -0.05) is 24.6 Å². The van der Waals surface area contributed by atoms with Crippen molar-refractivity contribution in [2.24, 2.45) is 0 Å². The number of nitrogens with two attached hydrogens (primary N) is 1. The maximum Gasteiger partial charge on any atom is 0.273 e. The molecule has 0 spiro atoms. The molecule has 18 heavy (non-hydrogen) atoms. The number of hydrogen-bond donors (Lipinski definition) is 2. The number of aromatic amines is 1. The van der Waals surface area contributed by atoms with Gasteiger partial charge < -0.3 is 15.5 Å². The van der Waals surface area contributed by atoms with Crippen molar-refractivity contribution in [2.45, 2.75) is 13.3 Å². The van der Waals surface area contributed by atoms with E-state index in [4.69, 9.17) is 22.1 Å². The van der Waals surface area contributed by atoms with E-state index in [0.29, 0.717) is 11.4 Å². The van der Waals surface area contributed by atoms with Crippen molar-refractivity contribution in [1.82, 2.24) is 9.97 Å². The number of aromatic nitrogens is 2. The molecule has 0 fully saturated rings. The van der Waals surface area contributed by atoms with Crippen molar-refractivity contribution >= 4 is 17.3 Å². The minimum absolute atomic E-state index is 0.0383. The van der Waals surface area contributed by atoms with E-state index in [9.17, 15) is 4.79 Å². The lowest BCUT2D eigenvalue weighted by atomic mass is 10.1. The van der Waals surface area contributed by atoms with Crippen LogP contribution in [0.5, 0.6) is 11.6 Å². The van der Waals surface area contributed by atoms with Crippen LogP contribution in [0.1, 0.15) is 12.5 Å². The zero-order valence-electron chi connectivity index (χ0n) is 9.74. The number of benzene rings is 1. The quantitative estimate of drug-likeness (QED) is 0.835. The Bertz CT molecular complexity index is 625. The predicted molar refractivity (Wildman–Crippen MR) is 70.2 cm³/mol. The first-order valence-electron chi connectivity index (χ1n) is 5.41. The minimum atomic E-state index is -0.453. The minimum Gasteiger partial charge on any atom is -0.435 e. The summed E-state index contributed by atoms with van der Waals surface area (Å²) in [5.41, 5.74) is 6.98. The Labute approximate surface area is 109 Å². The fraction of sp³-hybridized carbons (Fsp3) is 0.167. The Kier molecular flexibility index (Phi) is 3.53. The van der Waals surface area contributed by atoms with Crippen LogP contribution in [0.15, 0.2) is 29.3 Å². The van der Waals surface area contributed by atoms with E-state index in [1.54, 1.807) is 6.07 Å². The Balaban J connectivity index is 2.34. The fourth-order valence-corrected chi connectivity index (χ4v) is 1.59. The summed E-state index contributed by atoms with van der Waals surface area (Å²) in [6, 6.07) is 5.44. The van der Waals surface area contributed by atoms with Crippen molar-refractivity contribution in [3.8, 4) is 11.6 Å². The second-order valence-corrected chi connectivity index (χ2v) is 4.06. The standard InChI is InChI=1S/C12H12ClN3O2/c1-2-7-3-4-9(8(14)5-7)18-12-10(13)11(17)15-6-16-12/h3-6H,2,14H2,1H3,(H,15,16,17). The molecule has 6 heteroatoms. The van der Waals surface area contributed by atoms with Crippen molar-refractivity contribution in [3.63, 3.8) is 0 Å². The van der Waals surface area contributed by atoms with Crippen LogP contribution in [0.3, 0.4) is 0 Å². The van der Waals surface area contributed by atoms with E-state index < -0.39 is 5.56 Å². The summed E-state index contributed by atoms with van der Waals surface area (Å²) in [4.78, 5) is 17.5. The highest BCUT2D eigenvalue weighted by atomic mass is 35.5. The average molecular weight is 266 g/mol. The monoisotopic (exact) mass is 265 g/mol. The molecular weight excluding hydrogens is 254 g/mol. The predicted octanol–water partition coefficient (Wildman–Crippen LogP) is 2.36. The Hall–Kier alpha value is -2.01. The number of aryl methyl sites for hydroxylation is 1. The molecule has 1 aromatic carbocycles. The largest absolute Gasteiger partial charge is 0.435 e. The third-order valence-electron chi connectivity index (χ3n) is 2.45. The van der Waals surface area contributed by atoms with E-state index >= 15 is 0 Å². The van der Waals surface area contributed by atoms with E-state index in [1.165, 1.54) is 6.33 Å². The summed E-state index contributed by atoms with van der Waals surface area (Å²) < 4.78 is 5.43. The third kappa shape index (κ3) is 2.46. The maximum atomic E-state index is 11.3. The van der Waals surface area contributed by atoms with Crippen molar-refractivity contribution in [3.05, 3.63) is 45.5 Å². The molecule has 0 saturated carbocycles. The molecule has 0 aliphatic carbocycles. The van der Waals surface area contributed by atoms with E-state index in [0.717, 1.165) is 12.0 Å². The van der Waals surface area contributed by atoms with Gasteiger partial charge in [0, 0.05) is 0 Å². The molecule has 0 aliphatic heterocycles. The summed E-state index contributed by atoms with van der Waals surface area (Å²) in [6.45, 7) is 2.03. The molecule has 94 valence electrons. The SMILES string of the molecule is CCc1ccc(Oc2nc[nH]c(=O)c2Cl)c(N)c1. The number of halogens is 1. The molecule has 5 nitrogen and oxygen atoms in total. The van der Waals surface area contributed by atoms with Crippen molar-refractivity contribution < 1.29 is 4.74 Å². The number of nitrogens with one attached hydrogen (secondary N) is 1. The zero-order valence-corrected chi connectivity index (χ0v) is 10.5. The van der Waals surface area contributed by atoms with Gasteiger partial charge in [0.25, 0.3) is 5.56 Å². The van der Waals surface area contributed by atoms with E-state index in [-0.39, 0.29) is 10.9 Å². The Morgan fingerprint density at radius 3 is 2.94 bits per heavy atom. The van der Waals surface area contributed by atoms with Gasteiger partial charge in [-0.2, -0.15) is 0 Å². The Morgan fingerprint density at radius 1 is 1.50 bits per heavy atom. The molecule has 0 unspecified atom stereocenters. The molecule has 1 heterocycles. The molecule has 0 amide bonds. The summed E-state index contributed by atoms with van der Waals surface area (Å²) in [5, 5.41) is -0.100. The van der Waals surface area contributed by atoms with Gasteiger partial charge in [-0.25, -0.2) is 4.98 Å². The Morgan fingerprint density at radius 2 is 2.28 bits per heavy atom.